The van der Waals surface area contributed by atoms with Crippen LogP contribution < -0.4 is 5.32 Å². The number of aromatic nitrogens is 2. The van der Waals surface area contributed by atoms with Crippen LogP contribution in [0.2, 0.25) is 0 Å². The molecule has 1 aliphatic rings. The highest BCUT2D eigenvalue weighted by Crippen LogP contribution is 2.24. The number of rotatable bonds is 5. The lowest BCUT2D eigenvalue weighted by Gasteiger charge is -2.27. The first-order chi connectivity index (χ1) is 11.4. The zero-order valence-corrected chi connectivity index (χ0v) is 14.9. The van der Waals surface area contributed by atoms with Crippen molar-refractivity contribution in [3.63, 3.8) is 0 Å². The van der Waals surface area contributed by atoms with Crippen LogP contribution in [0.1, 0.15) is 68.4 Å². The van der Waals surface area contributed by atoms with E-state index in [0.717, 1.165) is 44.3 Å². The third kappa shape index (κ3) is 4.58. The molecular weight excluding hydrogens is 306 g/mol. The highest BCUT2D eigenvalue weighted by molar-refractivity contribution is 5.95. The molecule has 0 radical (unpaired) electrons. The number of carboxylic acids is 1. The number of hydrogen-bond acceptors (Lipinski definition) is 3. The number of nitrogens with zero attached hydrogens (tertiary/aromatic N) is 2. The van der Waals surface area contributed by atoms with Crippen LogP contribution in [0.3, 0.4) is 0 Å². The summed E-state index contributed by atoms with van der Waals surface area (Å²) in [4.78, 5) is 24.2. The number of hydrogen-bond donors (Lipinski definition) is 2. The molecule has 134 valence electrons. The van der Waals surface area contributed by atoms with E-state index in [-0.39, 0.29) is 11.9 Å². The summed E-state index contributed by atoms with van der Waals surface area (Å²) in [5, 5.41) is 16.8. The van der Waals surface area contributed by atoms with E-state index in [9.17, 15) is 14.7 Å². The molecule has 24 heavy (non-hydrogen) atoms. The lowest BCUT2D eigenvalue weighted by Crippen LogP contribution is -2.44. The van der Waals surface area contributed by atoms with E-state index >= 15 is 0 Å². The molecule has 1 heterocycles. The molecule has 2 unspecified atom stereocenters. The highest BCUT2D eigenvalue weighted by Gasteiger charge is 2.30. The summed E-state index contributed by atoms with van der Waals surface area (Å²) in [6.45, 7) is 6.86. The summed E-state index contributed by atoms with van der Waals surface area (Å²) >= 11 is 0. The normalized spacial score (nSPS) is 22.0. The Kier molecular flexibility index (Phi) is 6.40. The molecule has 6 heteroatoms. The number of amides is 1. The molecule has 0 spiro atoms. The number of nitrogens with one attached hydrogen (secondary N) is 1. The van der Waals surface area contributed by atoms with Gasteiger partial charge in [0.1, 0.15) is 0 Å². The van der Waals surface area contributed by atoms with Crippen LogP contribution in [0.4, 0.5) is 0 Å². The summed E-state index contributed by atoms with van der Waals surface area (Å²) in [6, 6.07) is -0.303. The van der Waals surface area contributed by atoms with E-state index in [1.807, 2.05) is 11.6 Å². The van der Waals surface area contributed by atoms with E-state index < -0.39 is 11.9 Å². The minimum Gasteiger partial charge on any atom is -0.481 e. The van der Waals surface area contributed by atoms with Gasteiger partial charge in [0.2, 0.25) is 0 Å². The zero-order chi connectivity index (χ0) is 17.7. The molecule has 6 nitrogen and oxygen atoms in total. The Balaban J connectivity index is 2.11. The first kappa shape index (κ1) is 18.5. The van der Waals surface area contributed by atoms with Gasteiger partial charge in [-0.1, -0.05) is 39.5 Å². The van der Waals surface area contributed by atoms with Crippen molar-refractivity contribution in [3.05, 3.63) is 17.5 Å². The lowest BCUT2D eigenvalue weighted by molar-refractivity contribution is -0.143. The minimum atomic E-state index is -0.811. The maximum atomic E-state index is 12.6. The van der Waals surface area contributed by atoms with Crippen LogP contribution in [-0.2, 0) is 11.3 Å². The quantitative estimate of drug-likeness (QED) is 0.866. The van der Waals surface area contributed by atoms with Crippen molar-refractivity contribution in [1.29, 1.82) is 0 Å². The van der Waals surface area contributed by atoms with Crippen molar-refractivity contribution in [2.24, 2.45) is 11.8 Å². The van der Waals surface area contributed by atoms with E-state index in [1.54, 1.807) is 6.20 Å². The standard InChI is InChI=1S/C18H29N3O3/c1-12(2)11-21-13(3)15(10-19-21)17(22)20-16-9-7-5-4-6-8-14(16)18(23)24/h10,12,14,16H,4-9,11H2,1-3H3,(H,20,22)(H,23,24). The summed E-state index contributed by atoms with van der Waals surface area (Å²) in [5.74, 6) is -1.07. The Bertz CT molecular complexity index is 580. The monoisotopic (exact) mass is 335 g/mol. The molecule has 2 N–H and O–H groups in total. The third-order valence-corrected chi connectivity index (χ3v) is 4.79. The Hall–Kier alpha value is -1.85. The fraction of sp³-hybridized carbons (Fsp3) is 0.722. The average molecular weight is 335 g/mol. The molecule has 2 atom stereocenters. The Morgan fingerprint density at radius 1 is 1.29 bits per heavy atom. The number of carbonyl (C=O) groups excluding carboxylic acids is 1. The van der Waals surface area contributed by atoms with Crippen LogP contribution in [0.25, 0.3) is 0 Å². The highest BCUT2D eigenvalue weighted by atomic mass is 16.4. The second-order valence-electron chi connectivity index (χ2n) is 7.24. The van der Waals surface area contributed by atoms with Gasteiger partial charge in [-0.05, 0) is 25.7 Å². The van der Waals surface area contributed by atoms with Gasteiger partial charge in [-0.2, -0.15) is 5.10 Å². The number of aliphatic carboxylic acids is 1. The van der Waals surface area contributed by atoms with Crippen LogP contribution in [0, 0.1) is 18.8 Å². The van der Waals surface area contributed by atoms with Crippen molar-refractivity contribution in [1.82, 2.24) is 15.1 Å². The van der Waals surface area contributed by atoms with Gasteiger partial charge >= 0.3 is 5.97 Å². The summed E-state index contributed by atoms with van der Waals surface area (Å²) in [5.41, 5.74) is 1.38. The summed E-state index contributed by atoms with van der Waals surface area (Å²) < 4.78 is 1.84. The fourth-order valence-corrected chi connectivity index (χ4v) is 3.40. The predicted octanol–water partition coefficient (Wildman–Crippen LogP) is 3.00. The first-order valence-corrected chi connectivity index (χ1v) is 8.96. The van der Waals surface area contributed by atoms with E-state index in [2.05, 4.69) is 24.3 Å². The van der Waals surface area contributed by atoms with Crippen molar-refractivity contribution < 1.29 is 14.7 Å². The van der Waals surface area contributed by atoms with Crippen molar-refractivity contribution >= 4 is 11.9 Å². The molecule has 1 aliphatic carbocycles. The molecule has 0 aliphatic heterocycles. The molecule has 0 aromatic carbocycles. The molecule has 2 rings (SSSR count). The van der Waals surface area contributed by atoms with Crippen LogP contribution in [0.5, 0.6) is 0 Å². The van der Waals surface area contributed by atoms with Gasteiger partial charge in [0, 0.05) is 18.3 Å². The van der Waals surface area contributed by atoms with E-state index in [4.69, 9.17) is 0 Å². The third-order valence-electron chi connectivity index (χ3n) is 4.79. The molecule has 0 saturated heterocycles. The van der Waals surface area contributed by atoms with Crippen molar-refractivity contribution in [2.45, 2.75) is 71.9 Å². The molecule has 1 aromatic rings. The summed E-state index contributed by atoms with van der Waals surface area (Å²) in [7, 11) is 0. The van der Waals surface area contributed by atoms with Gasteiger partial charge < -0.3 is 10.4 Å². The molecular formula is C18H29N3O3. The van der Waals surface area contributed by atoms with Gasteiger partial charge in [0.25, 0.3) is 5.91 Å². The van der Waals surface area contributed by atoms with Gasteiger partial charge in [-0.25, -0.2) is 0 Å². The van der Waals surface area contributed by atoms with Gasteiger partial charge in [0.05, 0.1) is 17.7 Å². The Morgan fingerprint density at radius 2 is 1.96 bits per heavy atom. The SMILES string of the molecule is Cc1c(C(=O)NC2CCCCCCC2C(=O)O)cnn1CC(C)C. The molecule has 0 bridgehead atoms. The zero-order valence-electron chi connectivity index (χ0n) is 14.9. The van der Waals surface area contributed by atoms with Gasteiger partial charge in [-0.15, -0.1) is 0 Å². The first-order valence-electron chi connectivity index (χ1n) is 8.96. The topological polar surface area (TPSA) is 84.2 Å². The van der Waals surface area contributed by atoms with Crippen molar-refractivity contribution in [3.8, 4) is 0 Å². The Morgan fingerprint density at radius 3 is 2.58 bits per heavy atom. The number of carbonyl (C=O) groups is 2. The van der Waals surface area contributed by atoms with Crippen molar-refractivity contribution in [2.75, 3.05) is 0 Å². The second kappa shape index (κ2) is 8.31. The second-order valence-corrected chi connectivity index (χ2v) is 7.24. The smallest absolute Gasteiger partial charge is 0.308 e. The van der Waals surface area contributed by atoms with E-state index in [1.165, 1.54) is 0 Å². The lowest BCUT2D eigenvalue weighted by atomic mass is 9.86. The van der Waals surface area contributed by atoms with E-state index in [0.29, 0.717) is 17.9 Å². The maximum absolute atomic E-state index is 12.6. The van der Waals surface area contributed by atoms with Gasteiger partial charge in [-0.3, -0.25) is 14.3 Å². The molecule has 1 aromatic heterocycles. The Labute approximate surface area is 143 Å². The predicted molar refractivity (Wildman–Crippen MR) is 91.9 cm³/mol. The van der Waals surface area contributed by atoms with Gasteiger partial charge in [0.15, 0.2) is 0 Å². The fourth-order valence-electron chi connectivity index (χ4n) is 3.40. The molecule has 1 saturated carbocycles. The minimum absolute atomic E-state index is 0.209. The maximum Gasteiger partial charge on any atom is 0.308 e. The van der Waals surface area contributed by atoms with Crippen LogP contribution in [0.15, 0.2) is 6.20 Å². The largest absolute Gasteiger partial charge is 0.481 e. The van der Waals surface area contributed by atoms with Crippen LogP contribution >= 0.6 is 0 Å². The summed E-state index contributed by atoms with van der Waals surface area (Å²) in [6.07, 6.45) is 6.99. The molecule has 1 amide bonds. The molecule has 1 fully saturated rings. The average Bonchev–Trinajstić information content (AvgIpc) is 2.82. The number of carboxylic acid groups (broad SMARTS) is 1. The van der Waals surface area contributed by atoms with Crippen LogP contribution in [-0.4, -0.2) is 32.8 Å².